The highest BCUT2D eigenvalue weighted by Gasteiger charge is 2.43. The SMILES string of the molecule is CCn1nccc1C(=O)N[C@H](c1cn2nc(C[C@@H]3CNC[C@H](C(F)(F)F)C3)c(C3CCN(C)C3)cc2n1)C1CCC(F)(F)CC1. The number of aryl methyl sites for hydroxylation is 1. The number of rotatable bonds is 8. The number of imidazole rings is 1. The quantitative estimate of drug-likeness (QED) is 0.339. The van der Waals surface area contributed by atoms with Crippen LogP contribution in [0.4, 0.5) is 22.0 Å². The minimum absolute atomic E-state index is 0.0458. The minimum Gasteiger partial charge on any atom is -0.342 e. The number of alkyl halides is 5. The van der Waals surface area contributed by atoms with Crippen molar-refractivity contribution < 1.29 is 26.7 Å². The topological polar surface area (TPSA) is 92.4 Å². The third-order valence-corrected chi connectivity index (χ3v) is 9.88. The van der Waals surface area contributed by atoms with Gasteiger partial charge in [0.05, 0.1) is 29.5 Å². The van der Waals surface area contributed by atoms with Gasteiger partial charge in [-0.1, -0.05) is 0 Å². The summed E-state index contributed by atoms with van der Waals surface area (Å²) >= 11 is 0. The van der Waals surface area contributed by atoms with Gasteiger partial charge in [0.25, 0.3) is 5.91 Å². The maximum absolute atomic E-state index is 14.1. The van der Waals surface area contributed by atoms with E-state index in [1.807, 2.05) is 20.0 Å². The van der Waals surface area contributed by atoms with E-state index >= 15 is 0 Å². The van der Waals surface area contributed by atoms with Crippen molar-refractivity contribution in [1.29, 1.82) is 0 Å². The smallest absolute Gasteiger partial charge is 0.342 e. The summed E-state index contributed by atoms with van der Waals surface area (Å²) in [5.41, 5.74) is 3.21. The average Bonchev–Trinajstić information content (AvgIpc) is 3.75. The summed E-state index contributed by atoms with van der Waals surface area (Å²) in [4.78, 5) is 20.5. The van der Waals surface area contributed by atoms with Crippen LogP contribution in [0.5, 0.6) is 0 Å². The number of fused-ring (bicyclic) bond motifs is 1. The molecule has 0 aromatic carbocycles. The van der Waals surface area contributed by atoms with Gasteiger partial charge in [0.1, 0.15) is 5.69 Å². The lowest BCUT2D eigenvalue weighted by Gasteiger charge is -2.33. The lowest BCUT2D eigenvalue weighted by atomic mass is 9.81. The molecule has 45 heavy (non-hydrogen) atoms. The lowest BCUT2D eigenvalue weighted by Crippen LogP contribution is -2.43. The van der Waals surface area contributed by atoms with Crippen molar-refractivity contribution in [2.45, 2.75) is 82.5 Å². The normalized spacial score (nSPS) is 25.5. The Bertz CT molecular complexity index is 1490. The van der Waals surface area contributed by atoms with Crippen LogP contribution in [0.3, 0.4) is 0 Å². The number of piperidine rings is 1. The van der Waals surface area contributed by atoms with Gasteiger partial charge in [-0.25, -0.2) is 18.3 Å². The lowest BCUT2D eigenvalue weighted by molar-refractivity contribution is -0.181. The second-order valence-corrected chi connectivity index (χ2v) is 13.1. The molecular weight excluding hydrogens is 595 g/mol. The highest BCUT2D eigenvalue weighted by Crippen LogP contribution is 2.42. The highest BCUT2D eigenvalue weighted by atomic mass is 19.4. The summed E-state index contributed by atoms with van der Waals surface area (Å²) in [5, 5.41) is 15.2. The first-order chi connectivity index (χ1) is 21.4. The van der Waals surface area contributed by atoms with Crippen LogP contribution in [0.25, 0.3) is 5.65 Å². The predicted octanol–water partition coefficient (Wildman–Crippen LogP) is 4.99. The summed E-state index contributed by atoms with van der Waals surface area (Å²) in [5.74, 6) is -4.80. The van der Waals surface area contributed by atoms with Crippen LogP contribution in [0.15, 0.2) is 24.5 Å². The molecule has 3 aliphatic rings. The molecule has 2 N–H and O–H groups in total. The van der Waals surface area contributed by atoms with Crippen molar-refractivity contribution in [2.75, 3.05) is 33.2 Å². The number of carbonyl (C=O) groups excluding carboxylic acids is 1. The molecule has 4 atom stereocenters. The van der Waals surface area contributed by atoms with Gasteiger partial charge in [-0.3, -0.25) is 9.48 Å². The average molecular weight is 637 g/mol. The molecule has 0 radical (unpaired) electrons. The fourth-order valence-corrected chi connectivity index (χ4v) is 7.37. The monoisotopic (exact) mass is 636 g/mol. The van der Waals surface area contributed by atoms with Gasteiger partial charge >= 0.3 is 6.18 Å². The third-order valence-electron chi connectivity index (χ3n) is 9.88. The molecule has 0 bridgehead atoms. The number of aromatic nitrogens is 5. The molecule has 9 nitrogen and oxygen atoms in total. The van der Waals surface area contributed by atoms with Crippen LogP contribution in [0.2, 0.25) is 0 Å². The zero-order chi connectivity index (χ0) is 31.9. The predicted molar refractivity (Wildman–Crippen MR) is 157 cm³/mol. The molecule has 2 aliphatic heterocycles. The van der Waals surface area contributed by atoms with Gasteiger partial charge in [-0.05, 0) is 94.6 Å². The van der Waals surface area contributed by atoms with Crippen molar-refractivity contribution in [3.63, 3.8) is 0 Å². The van der Waals surface area contributed by atoms with Crippen molar-refractivity contribution in [2.24, 2.45) is 17.8 Å². The zero-order valence-electron chi connectivity index (χ0n) is 25.7. The van der Waals surface area contributed by atoms with Gasteiger partial charge in [0, 0.05) is 38.7 Å². The van der Waals surface area contributed by atoms with Crippen molar-refractivity contribution in [3.05, 3.63) is 47.2 Å². The Labute approximate surface area is 258 Å². The summed E-state index contributed by atoms with van der Waals surface area (Å²) < 4.78 is 72.2. The van der Waals surface area contributed by atoms with E-state index in [4.69, 9.17) is 10.1 Å². The van der Waals surface area contributed by atoms with E-state index in [-0.39, 0.29) is 62.3 Å². The van der Waals surface area contributed by atoms with Crippen molar-refractivity contribution in [3.8, 4) is 0 Å². The van der Waals surface area contributed by atoms with Gasteiger partial charge in [-0.2, -0.15) is 23.4 Å². The molecule has 1 unspecified atom stereocenters. The third kappa shape index (κ3) is 7.01. The van der Waals surface area contributed by atoms with Gasteiger partial charge in [0.15, 0.2) is 5.65 Å². The number of carbonyl (C=O) groups is 1. The Hall–Kier alpha value is -3.13. The van der Waals surface area contributed by atoms with Crippen molar-refractivity contribution >= 4 is 11.6 Å². The van der Waals surface area contributed by atoms with Gasteiger partial charge in [-0.15, -0.1) is 0 Å². The first-order valence-electron chi connectivity index (χ1n) is 16.0. The van der Waals surface area contributed by atoms with E-state index in [2.05, 4.69) is 20.6 Å². The van der Waals surface area contributed by atoms with Crippen molar-refractivity contribution in [1.82, 2.24) is 39.9 Å². The second kappa shape index (κ2) is 12.6. The van der Waals surface area contributed by atoms with Crippen LogP contribution in [-0.2, 0) is 13.0 Å². The number of hydrogen-bond donors (Lipinski definition) is 2. The number of likely N-dealkylation sites (tertiary alicyclic amines) is 1. The number of nitrogens with one attached hydrogen (secondary N) is 2. The molecule has 1 saturated carbocycles. The van der Waals surface area contributed by atoms with Gasteiger partial charge in [0.2, 0.25) is 5.92 Å². The Kier molecular flexibility index (Phi) is 8.90. The Balaban J connectivity index is 1.34. The van der Waals surface area contributed by atoms with Crippen LogP contribution >= 0.6 is 0 Å². The molecule has 3 aromatic heterocycles. The molecule has 0 spiro atoms. The second-order valence-electron chi connectivity index (χ2n) is 13.1. The molecular formula is C31H41F5N8O. The Morgan fingerprint density at radius 2 is 1.98 bits per heavy atom. The van der Waals surface area contributed by atoms with E-state index in [0.29, 0.717) is 36.5 Å². The zero-order valence-corrected chi connectivity index (χ0v) is 25.7. The molecule has 3 fully saturated rings. The maximum atomic E-state index is 14.1. The number of halogens is 5. The highest BCUT2D eigenvalue weighted by molar-refractivity contribution is 5.92. The summed E-state index contributed by atoms with van der Waals surface area (Å²) in [6.07, 6.45) is 0.308. The maximum Gasteiger partial charge on any atom is 0.393 e. The molecule has 1 aliphatic carbocycles. The summed E-state index contributed by atoms with van der Waals surface area (Å²) in [6.45, 7) is 4.51. The number of likely N-dealkylation sites (N-methyl/N-ethyl adjacent to an activating group) is 1. The first-order valence-corrected chi connectivity index (χ1v) is 16.0. The summed E-state index contributed by atoms with van der Waals surface area (Å²) in [7, 11) is 2.05. The van der Waals surface area contributed by atoms with E-state index in [1.165, 1.54) is 0 Å². The van der Waals surface area contributed by atoms with Crippen LogP contribution in [-0.4, -0.2) is 80.5 Å². The molecule has 14 heteroatoms. The minimum atomic E-state index is -4.25. The molecule has 5 heterocycles. The molecule has 3 aromatic rings. The molecule has 246 valence electrons. The van der Waals surface area contributed by atoms with Crippen LogP contribution in [0.1, 0.15) is 84.8 Å². The number of amides is 1. The van der Waals surface area contributed by atoms with E-state index < -0.39 is 24.1 Å². The van der Waals surface area contributed by atoms with E-state index in [0.717, 1.165) is 30.8 Å². The number of nitrogens with zero attached hydrogens (tertiary/aromatic N) is 6. The van der Waals surface area contributed by atoms with Crippen LogP contribution < -0.4 is 10.6 Å². The first kappa shape index (κ1) is 31.8. The van der Waals surface area contributed by atoms with Gasteiger partial charge < -0.3 is 15.5 Å². The fourth-order valence-electron chi connectivity index (χ4n) is 7.37. The largest absolute Gasteiger partial charge is 0.393 e. The van der Waals surface area contributed by atoms with E-state index in [9.17, 15) is 26.7 Å². The fraction of sp³-hybridized carbons (Fsp3) is 0.677. The standard InChI is InChI=1S/C31H41F5N8O/c1-3-43-26(6-10-38-43)29(45)40-28(20-4-8-30(32,33)9-5-20)25-18-44-27(39-25)14-23(21-7-11-42(2)17-21)24(41-44)13-19-12-22(16-37-15-19)31(34,35)36/h6,10,14,18-22,28,37H,3-5,7-9,11-13,15-17H2,1-2H3,(H,40,45)/t19-,21?,22-,28+/m1/s1. The molecule has 2 saturated heterocycles. The van der Waals surface area contributed by atoms with Crippen LogP contribution in [0, 0.1) is 17.8 Å². The summed E-state index contributed by atoms with van der Waals surface area (Å²) in [6, 6.07) is 2.97. The Morgan fingerprint density at radius 3 is 2.67 bits per heavy atom. The van der Waals surface area contributed by atoms with E-state index in [1.54, 1.807) is 27.7 Å². The molecule has 1 amide bonds. The molecule has 6 rings (SSSR count). The number of hydrogen-bond acceptors (Lipinski definition) is 6. The Morgan fingerprint density at radius 1 is 1.20 bits per heavy atom.